The van der Waals surface area contributed by atoms with Crippen LogP contribution in [0.5, 0.6) is 5.75 Å². The molecule has 2 aliphatic rings. The molecule has 4 rings (SSSR count). The van der Waals surface area contributed by atoms with Crippen LogP contribution in [-0.2, 0) is 14.3 Å². The Morgan fingerprint density at radius 1 is 1.23 bits per heavy atom. The van der Waals surface area contributed by atoms with Gasteiger partial charge in [-0.2, -0.15) is 0 Å². The lowest BCUT2D eigenvalue weighted by atomic mass is 9.72. The van der Waals surface area contributed by atoms with Gasteiger partial charge < -0.3 is 15.2 Å². The fourth-order valence-corrected chi connectivity index (χ4v) is 5.19. The van der Waals surface area contributed by atoms with Gasteiger partial charge in [-0.05, 0) is 48.4 Å². The van der Waals surface area contributed by atoms with Crippen molar-refractivity contribution in [1.29, 1.82) is 0 Å². The number of esters is 1. The van der Waals surface area contributed by atoms with Gasteiger partial charge in [0.2, 0.25) is 0 Å². The second kappa shape index (κ2) is 8.71. The number of hydrogen-bond donors (Lipinski definition) is 2. The van der Waals surface area contributed by atoms with Gasteiger partial charge in [0.05, 0.1) is 12.2 Å². The van der Waals surface area contributed by atoms with Gasteiger partial charge in [0.15, 0.2) is 5.78 Å². The van der Waals surface area contributed by atoms with Crippen LogP contribution in [0.3, 0.4) is 0 Å². The number of nitrogens with one attached hydrogen (secondary N) is 1. The number of dihydropyridines is 1. The third-order valence-corrected chi connectivity index (χ3v) is 6.80. The SMILES string of the molecule is CC1=C(C(=O)OCC(C)C)[C@@H](c2ccc(O)cc2)C2=C(C[C@H](c3cccs3)CC2=O)N1. The Balaban J connectivity index is 1.76. The highest BCUT2D eigenvalue weighted by Crippen LogP contribution is 2.46. The van der Waals surface area contributed by atoms with E-state index in [1.54, 1.807) is 35.6 Å². The van der Waals surface area contributed by atoms with Crippen LogP contribution in [0.4, 0.5) is 0 Å². The predicted molar refractivity (Wildman–Crippen MR) is 121 cm³/mol. The molecule has 2 heterocycles. The van der Waals surface area contributed by atoms with Crippen LogP contribution in [0.1, 0.15) is 55.9 Å². The molecule has 1 aliphatic carbocycles. The first-order chi connectivity index (χ1) is 14.8. The van der Waals surface area contributed by atoms with Crippen molar-refractivity contribution in [2.24, 2.45) is 5.92 Å². The molecular formula is C25H27NO4S. The third kappa shape index (κ3) is 4.30. The monoisotopic (exact) mass is 437 g/mol. The molecule has 1 aromatic carbocycles. The van der Waals surface area contributed by atoms with Gasteiger partial charge in [0.1, 0.15) is 5.75 Å². The van der Waals surface area contributed by atoms with E-state index in [9.17, 15) is 14.7 Å². The summed E-state index contributed by atoms with van der Waals surface area (Å²) in [6, 6.07) is 10.8. The molecule has 1 aromatic heterocycles. The Labute approximate surface area is 186 Å². The number of rotatable bonds is 5. The van der Waals surface area contributed by atoms with Crippen molar-refractivity contribution in [2.75, 3.05) is 6.61 Å². The summed E-state index contributed by atoms with van der Waals surface area (Å²) >= 11 is 1.67. The summed E-state index contributed by atoms with van der Waals surface area (Å²) in [6.45, 7) is 6.16. The zero-order chi connectivity index (χ0) is 22.1. The van der Waals surface area contributed by atoms with E-state index in [0.29, 0.717) is 29.9 Å². The summed E-state index contributed by atoms with van der Waals surface area (Å²) in [4.78, 5) is 27.7. The standard InChI is InChI=1S/C25H27NO4S/c1-14(2)13-30-25(29)22-15(3)26-19-11-17(21-5-4-10-31-21)12-20(28)24(19)23(22)16-6-8-18(27)9-7-16/h4-10,14,17,23,26-27H,11-13H2,1-3H3/t17-,23+/m0/s1. The van der Waals surface area contributed by atoms with Gasteiger partial charge in [0, 0.05) is 40.1 Å². The van der Waals surface area contributed by atoms with Crippen LogP contribution in [0.15, 0.2) is 64.3 Å². The van der Waals surface area contributed by atoms with E-state index in [1.807, 2.05) is 32.2 Å². The maximum absolute atomic E-state index is 13.4. The molecule has 0 fully saturated rings. The average Bonchev–Trinajstić information content (AvgIpc) is 3.26. The zero-order valence-electron chi connectivity index (χ0n) is 18.0. The topological polar surface area (TPSA) is 75.6 Å². The summed E-state index contributed by atoms with van der Waals surface area (Å²) in [5, 5.41) is 15.2. The lowest BCUT2D eigenvalue weighted by Gasteiger charge is -2.36. The van der Waals surface area contributed by atoms with Crippen LogP contribution in [0, 0.1) is 5.92 Å². The molecule has 2 atom stereocenters. The fourth-order valence-electron chi connectivity index (χ4n) is 4.35. The second-order valence-corrected chi connectivity index (χ2v) is 9.60. The number of thiophene rings is 1. The van der Waals surface area contributed by atoms with Gasteiger partial charge >= 0.3 is 5.97 Å². The first kappa shape index (κ1) is 21.4. The number of phenolic OH excluding ortho intramolecular Hbond substituents is 1. The number of phenols is 1. The molecule has 0 spiro atoms. The zero-order valence-corrected chi connectivity index (χ0v) is 18.8. The molecule has 5 nitrogen and oxygen atoms in total. The summed E-state index contributed by atoms with van der Waals surface area (Å²) in [5.41, 5.74) is 3.50. The quantitative estimate of drug-likeness (QED) is 0.643. The van der Waals surface area contributed by atoms with E-state index < -0.39 is 11.9 Å². The molecule has 2 aromatic rings. The minimum Gasteiger partial charge on any atom is -0.508 e. The van der Waals surface area contributed by atoms with Crippen molar-refractivity contribution in [3.05, 3.63) is 74.8 Å². The minimum absolute atomic E-state index is 0.0480. The van der Waals surface area contributed by atoms with E-state index in [0.717, 1.165) is 17.7 Å². The van der Waals surface area contributed by atoms with Crippen molar-refractivity contribution >= 4 is 23.1 Å². The van der Waals surface area contributed by atoms with Gasteiger partial charge in [-0.3, -0.25) is 4.79 Å². The Morgan fingerprint density at radius 3 is 2.61 bits per heavy atom. The maximum Gasteiger partial charge on any atom is 0.336 e. The van der Waals surface area contributed by atoms with E-state index >= 15 is 0 Å². The van der Waals surface area contributed by atoms with Crippen LogP contribution in [-0.4, -0.2) is 23.5 Å². The highest BCUT2D eigenvalue weighted by Gasteiger charge is 2.41. The first-order valence-electron chi connectivity index (χ1n) is 10.6. The summed E-state index contributed by atoms with van der Waals surface area (Å²) in [6.07, 6.45) is 1.14. The molecule has 0 bridgehead atoms. The molecule has 0 saturated heterocycles. The molecule has 0 saturated carbocycles. The first-order valence-corrected chi connectivity index (χ1v) is 11.5. The lowest BCUT2D eigenvalue weighted by molar-refractivity contribution is -0.140. The smallest absolute Gasteiger partial charge is 0.336 e. The van der Waals surface area contributed by atoms with E-state index in [1.165, 1.54) is 4.88 Å². The highest BCUT2D eigenvalue weighted by molar-refractivity contribution is 7.10. The molecular weight excluding hydrogens is 410 g/mol. The normalized spacial score (nSPS) is 21.2. The molecule has 31 heavy (non-hydrogen) atoms. The van der Waals surface area contributed by atoms with Gasteiger partial charge in [-0.25, -0.2) is 4.79 Å². The van der Waals surface area contributed by atoms with Crippen LogP contribution in [0.2, 0.25) is 0 Å². The molecule has 0 amide bonds. The van der Waals surface area contributed by atoms with E-state index in [-0.39, 0.29) is 23.4 Å². The van der Waals surface area contributed by atoms with Crippen molar-refractivity contribution in [3.63, 3.8) is 0 Å². The second-order valence-electron chi connectivity index (χ2n) is 8.62. The molecule has 0 radical (unpaired) electrons. The number of Topliss-reactive ketones (excluding diaryl/α,β-unsaturated/α-hetero) is 1. The Kier molecular flexibility index (Phi) is 6.01. The van der Waals surface area contributed by atoms with Crippen molar-refractivity contribution in [3.8, 4) is 5.75 Å². The lowest BCUT2D eigenvalue weighted by Crippen LogP contribution is -2.36. The van der Waals surface area contributed by atoms with Crippen LogP contribution >= 0.6 is 11.3 Å². The number of ketones is 1. The Morgan fingerprint density at radius 2 is 1.97 bits per heavy atom. The number of allylic oxidation sites excluding steroid dienone is 3. The average molecular weight is 438 g/mol. The number of hydrogen-bond acceptors (Lipinski definition) is 6. The van der Waals surface area contributed by atoms with Crippen molar-refractivity contribution < 1.29 is 19.4 Å². The fraction of sp³-hybridized carbons (Fsp3) is 0.360. The third-order valence-electron chi connectivity index (χ3n) is 5.77. The summed E-state index contributed by atoms with van der Waals surface area (Å²) in [5.74, 6) is -0.367. The number of carbonyl (C=O) groups excluding carboxylic acids is 2. The summed E-state index contributed by atoms with van der Waals surface area (Å²) in [7, 11) is 0. The Bertz CT molecular complexity index is 1050. The van der Waals surface area contributed by atoms with Gasteiger partial charge in [-0.15, -0.1) is 11.3 Å². The van der Waals surface area contributed by atoms with E-state index in [2.05, 4.69) is 11.4 Å². The summed E-state index contributed by atoms with van der Waals surface area (Å²) < 4.78 is 5.57. The molecule has 6 heteroatoms. The number of carbonyl (C=O) groups is 2. The van der Waals surface area contributed by atoms with Crippen LogP contribution < -0.4 is 5.32 Å². The molecule has 0 unspecified atom stereocenters. The minimum atomic E-state index is -0.506. The molecule has 1 aliphatic heterocycles. The number of aromatic hydroxyl groups is 1. The number of ether oxygens (including phenoxy) is 1. The van der Waals surface area contributed by atoms with Crippen molar-refractivity contribution in [1.82, 2.24) is 5.32 Å². The molecule has 162 valence electrons. The van der Waals surface area contributed by atoms with Gasteiger partial charge in [0.25, 0.3) is 0 Å². The predicted octanol–water partition coefficient (Wildman–Crippen LogP) is 5.01. The van der Waals surface area contributed by atoms with Crippen LogP contribution in [0.25, 0.3) is 0 Å². The maximum atomic E-state index is 13.4. The highest BCUT2D eigenvalue weighted by atomic mass is 32.1. The van der Waals surface area contributed by atoms with Crippen molar-refractivity contribution in [2.45, 2.75) is 45.4 Å². The van der Waals surface area contributed by atoms with Gasteiger partial charge in [-0.1, -0.05) is 32.0 Å². The number of benzene rings is 1. The largest absolute Gasteiger partial charge is 0.508 e. The Hall–Kier alpha value is -2.86. The van der Waals surface area contributed by atoms with E-state index in [4.69, 9.17) is 4.74 Å². The molecule has 2 N–H and O–H groups in total.